The van der Waals surface area contributed by atoms with Crippen LogP contribution in [0.3, 0.4) is 0 Å². The number of nitrogens with one attached hydrogen (secondary N) is 1. The quantitative estimate of drug-likeness (QED) is 0.234. The number of benzene rings is 4. The van der Waals surface area contributed by atoms with Crippen molar-refractivity contribution in [1.82, 2.24) is 9.88 Å². The van der Waals surface area contributed by atoms with Crippen molar-refractivity contribution in [1.29, 1.82) is 0 Å². The summed E-state index contributed by atoms with van der Waals surface area (Å²) < 4.78 is 15.7. The Morgan fingerprint density at radius 1 is 0.925 bits per heavy atom. The third-order valence-electron chi connectivity index (χ3n) is 7.08. The molecule has 202 valence electrons. The van der Waals surface area contributed by atoms with Crippen molar-refractivity contribution >= 4 is 34.6 Å². The highest BCUT2D eigenvalue weighted by atomic mass is 35.5. The summed E-state index contributed by atoms with van der Waals surface area (Å²) in [5, 5.41) is 4.33. The van der Waals surface area contributed by atoms with Gasteiger partial charge in [0.2, 0.25) is 0 Å². The van der Waals surface area contributed by atoms with Crippen LogP contribution in [-0.4, -0.2) is 16.6 Å². The molecule has 0 saturated heterocycles. The minimum atomic E-state index is -0.403. The lowest BCUT2D eigenvalue weighted by molar-refractivity contribution is -0.191. The Balaban J connectivity index is 0.00000118. The Morgan fingerprint density at radius 3 is 2.23 bits per heavy atom. The van der Waals surface area contributed by atoms with Crippen molar-refractivity contribution < 1.29 is 18.8 Å². The van der Waals surface area contributed by atoms with Gasteiger partial charge in [-0.3, -0.25) is 4.79 Å². The van der Waals surface area contributed by atoms with Crippen LogP contribution in [0, 0.1) is 19.7 Å². The van der Waals surface area contributed by atoms with E-state index in [2.05, 4.69) is 72.3 Å². The second-order valence-corrected chi connectivity index (χ2v) is 9.94. The highest BCUT2D eigenvalue weighted by molar-refractivity contribution is 6.31. The molecule has 0 fully saturated rings. The molecule has 1 atom stereocenters. The molecule has 0 spiro atoms. The van der Waals surface area contributed by atoms with Crippen molar-refractivity contribution in [3.8, 4) is 11.1 Å². The predicted molar refractivity (Wildman–Crippen MR) is 155 cm³/mol. The number of hydrogen-bond donors (Lipinski definition) is 1. The lowest BCUT2D eigenvalue weighted by atomic mass is 10.0. The second kappa shape index (κ2) is 12.6. The van der Waals surface area contributed by atoms with Crippen molar-refractivity contribution in [2.75, 3.05) is 0 Å². The molecule has 1 amide bonds. The molecule has 5 aromatic rings. The smallest absolute Gasteiger partial charge is 0.345 e. The lowest BCUT2D eigenvalue weighted by Crippen LogP contribution is -2.26. The number of amides is 1. The fourth-order valence-corrected chi connectivity index (χ4v) is 5.15. The van der Waals surface area contributed by atoms with E-state index < -0.39 is 5.82 Å². The Labute approximate surface area is 237 Å². The normalized spacial score (nSPS) is 11.3. The van der Waals surface area contributed by atoms with Gasteiger partial charge in [0.15, 0.2) is 0 Å². The van der Waals surface area contributed by atoms with Gasteiger partial charge in [-0.15, -0.1) is 0 Å². The predicted octanol–water partition coefficient (Wildman–Crippen LogP) is 7.67. The van der Waals surface area contributed by atoms with Gasteiger partial charge in [-0.05, 0) is 78.9 Å². The molecule has 0 aliphatic heterocycles. The summed E-state index contributed by atoms with van der Waals surface area (Å²) in [6, 6.07) is 28.7. The number of nitrogens with zero attached hydrogens (tertiary/aromatic N) is 1. The van der Waals surface area contributed by atoms with Gasteiger partial charge in [-0.2, -0.15) is 9.59 Å². The van der Waals surface area contributed by atoms with Crippen molar-refractivity contribution in [3.63, 3.8) is 0 Å². The van der Waals surface area contributed by atoms with Crippen molar-refractivity contribution in [3.05, 3.63) is 130 Å². The van der Waals surface area contributed by atoms with Gasteiger partial charge in [0.25, 0.3) is 5.91 Å². The first-order chi connectivity index (χ1) is 19.2. The summed E-state index contributed by atoms with van der Waals surface area (Å²) in [5.41, 5.74) is 8.28. The fraction of sp³-hybridized carbons (Fsp3) is 0.152. The van der Waals surface area contributed by atoms with Gasteiger partial charge in [0, 0.05) is 33.7 Å². The summed E-state index contributed by atoms with van der Waals surface area (Å²) in [4.78, 5) is 29.3. The van der Waals surface area contributed by atoms with Gasteiger partial charge < -0.3 is 9.88 Å². The molecule has 7 heteroatoms. The number of fused-ring (bicyclic) bond motifs is 1. The van der Waals surface area contributed by atoms with E-state index in [-0.39, 0.29) is 18.1 Å². The molecule has 0 aliphatic rings. The molecule has 4 aromatic carbocycles. The van der Waals surface area contributed by atoms with Gasteiger partial charge >= 0.3 is 6.15 Å². The average molecular weight is 555 g/mol. The van der Waals surface area contributed by atoms with Crippen LogP contribution in [0.5, 0.6) is 0 Å². The number of carbonyl (C=O) groups excluding carboxylic acids is 3. The SMILES string of the molecule is Cc1c(C)n(Cc2ccc(-c3ccccc3)cc2)c2ccc(C(=O)N[C@H](C)c3ccc(F)cc3Cl)cc12.O=C=O. The zero-order valence-corrected chi connectivity index (χ0v) is 23.1. The molecule has 40 heavy (non-hydrogen) atoms. The fourth-order valence-electron chi connectivity index (χ4n) is 4.82. The Kier molecular flexibility index (Phi) is 8.95. The van der Waals surface area contributed by atoms with E-state index in [9.17, 15) is 9.18 Å². The van der Waals surface area contributed by atoms with Gasteiger partial charge in [-0.25, -0.2) is 4.39 Å². The van der Waals surface area contributed by atoms with Crippen molar-refractivity contribution in [2.45, 2.75) is 33.4 Å². The lowest BCUT2D eigenvalue weighted by Gasteiger charge is -2.16. The average Bonchev–Trinajstić information content (AvgIpc) is 3.18. The summed E-state index contributed by atoms with van der Waals surface area (Å²) in [6.45, 7) is 6.79. The maximum atomic E-state index is 13.4. The number of aromatic nitrogens is 1. The first-order valence-corrected chi connectivity index (χ1v) is 13.1. The first-order valence-electron chi connectivity index (χ1n) is 12.7. The summed E-state index contributed by atoms with van der Waals surface area (Å²) in [7, 11) is 0. The highest BCUT2D eigenvalue weighted by Gasteiger charge is 2.17. The molecule has 5 rings (SSSR count). The number of carbonyl (C=O) groups is 1. The Morgan fingerprint density at radius 2 is 1.57 bits per heavy atom. The third-order valence-corrected chi connectivity index (χ3v) is 7.41. The van der Waals surface area contributed by atoms with E-state index >= 15 is 0 Å². The van der Waals surface area contributed by atoms with E-state index in [0.29, 0.717) is 16.1 Å². The number of aryl methyl sites for hydroxylation is 1. The van der Waals surface area contributed by atoms with E-state index in [0.717, 1.165) is 23.0 Å². The monoisotopic (exact) mass is 554 g/mol. The second-order valence-electron chi connectivity index (χ2n) is 9.54. The van der Waals surface area contributed by atoms with Crippen LogP contribution in [0.15, 0.2) is 91.0 Å². The minimum absolute atomic E-state index is 0.198. The highest BCUT2D eigenvalue weighted by Crippen LogP contribution is 2.29. The summed E-state index contributed by atoms with van der Waals surface area (Å²) in [6.07, 6.45) is 0.250. The van der Waals surface area contributed by atoms with Crippen LogP contribution < -0.4 is 5.32 Å². The Hall–Kier alpha value is -4.51. The van der Waals surface area contributed by atoms with Crippen LogP contribution in [-0.2, 0) is 16.1 Å². The van der Waals surface area contributed by atoms with Gasteiger partial charge in [0.1, 0.15) is 5.82 Å². The molecule has 5 nitrogen and oxygen atoms in total. The molecular formula is C33H28ClFN2O3. The number of halogens is 2. The maximum Gasteiger partial charge on any atom is 0.373 e. The maximum absolute atomic E-state index is 13.4. The Bertz CT molecular complexity index is 1690. The molecule has 0 aliphatic carbocycles. The van der Waals surface area contributed by atoms with Crippen molar-refractivity contribution in [2.24, 2.45) is 0 Å². The van der Waals surface area contributed by atoms with Crippen LogP contribution in [0.2, 0.25) is 5.02 Å². The van der Waals surface area contributed by atoms with E-state index in [4.69, 9.17) is 21.2 Å². The van der Waals surface area contributed by atoms with E-state index in [1.165, 1.54) is 34.5 Å². The molecule has 0 radical (unpaired) electrons. The van der Waals surface area contributed by atoms with Crippen LogP contribution >= 0.6 is 11.6 Å². The zero-order chi connectivity index (χ0) is 28.8. The van der Waals surface area contributed by atoms with Crippen LogP contribution in [0.4, 0.5) is 4.39 Å². The summed E-state index contributed by atoms with van der Waals surface area (Å²) >= 11 is 6.19. The summed E-state index contributed by atoms with van der Waals surface area (Å²) in [5.74, 6) is -0.601. The largest absolute Gasteiger partial charge is 0.373 e. The molecule has 1 aromatic heterocycles. The molecule has 0 bridgehead atoms. The van der Waals surface area contributed by atoms with Gasteiger partial charge in [0.05, 0.1) is 6.04 Å². The van der Waals surface area contributed by atoms with Crippen LogP contribution in [0.1, 0.15) is 45.7 Å². The minimum Gasteiger partial charge on any atom is -0.345 e. The van der Waals surface area contributed by atoms with Crippen LogP contribution in [0.25, 0.3) is 22.0 Å². The zero-order valence-electron chi connectivity index (χ0n) is 22.4. The molecule has 1 N–H and O–H groups in total. The van der Waals surface area contributed by atoms with E-state index in [1.807, 2.05) is 31.2 Å². The standard InChI is InChI=1S/C32H28ClFN2O.CO2/c1-20-22(3)36(19-23-9-11-25(12-10-23)24-7-5-4-6-8-24)31-16-13-26(17-29(20)31)32(37)35-21(2)28-15-14-27(34)18-30(28)33;2-1-3/h4-18,21H,19H2,1-3H3,(H,35,37);/t21-;/m1./s1. The topological polar surface area (TPSA) is 68.2 Å². The first kappa shape index (κ1) is 28.5. The molecule has 0 unspecified atom stereocenters. The molecule has 1 heterocycles. The number of rotatable bonds is 6. The third kappa shape index (κ3) is 6.20. The van der Waals surface area contributed by atoms with Gasteiger partial charge in [-0.1, -0.05) is 72.3 Å². The molecule has 0 saturated carbocycles. The van der Waals surface area contributed by atoms with E-state index in [1.54, 1.807) is 6.07 Å². The number of hydrogen-bond acceptors (Lipinski definition) is 3. The molecular weight excluding hydrogens is 527 g/mol.